The number of hydrazone groups is 1. The van der Waals surface area contributed by atoms with Gasteiger partial charge in [0.1, 0.15) is 30.3 Å². The Morgan fingerprint density at radius 2 is 2.03 bits per heavy atom. The van der Waals surface area contributed by atoms with E-state index < -0.39 is 10.8 Å². The van der Waals surface area contributed by atoms with Gasteiger partial charge in [0.05, 0.1) is 11.1 Å². The molecule has 0 bridgehead atoms. The molecule has 31 heavy (non-hydrogen) atoms. The Balaban J connectivity index is 1.55. The third kappa shape index (κ3) is 5.89. The predicted molar refractivity (Wildman–Crippen MR) is 116 cm³/mol. The molecular weight excluding hydrogens is 422 g/mol. The van der Waals surface area contributed by atoms with Crippen molar-refractivity contribution in [3.8, 4) is 5.75 Å². The minimum Gasteiger partial charge on any atom is -0.489 e. The highest BCUT2D eigenvalue weighted by atomic mass is 35.5. The van der Waals surface area contributed by atoms with Gasteiger partial charge in [0.2, 0.25) is 0 Å². The Hall–Kier alpha value is -3.72. The molecule has 0 aliphatic carbocycles. The van der Waals surface area contributed by atoms with Crippen molar-refractivity contribution in [2.24, 2.45) is 5.10 Å². The van der Waals surface area contributed by atoms with Gasteiger partial charge in [-0.25, -0.2) is 5.43 Å². The van der Waals surface area contributed by atoms with E-state index >= 15 is 0 Å². The Kier molecular flexibility index (Phi) is 6.99. The highest BCUT2D eigenvalue weighted by Gasteiger charge is 2.22. The second kappa shape index (κ2) is 9.86. The number of nitro groups is 1. The van der Waals surface area contributed by atoms with Crippen LogP contribution < -0.4 is 10.2 Å². The molecule has 10 heteroatoms. The maximum Gasteiger partial charge on any atom is 0.312 e. The van der Waals surface area contributed by atoms with Crippen LogP contribution in [0.15, 0.2) is 53.6 Å². The number of carbonyl (C=O) groups is 1. The van der Waals surface area contributed by atoms with Crippen LogP contribution in [0.5, 0.6) is 5.75 Å². The van der Waals surface area contributed by atoms with Gasteiger partial charge in [0, 0.05) is 5.02 Å². The third-order valence-corrected chi connectivity index (χ3v) is 4.65. The lowest BCUT2D eigenvalue weighted by Gasteiger charge is -2.07. The molecule has 0 radical (unpaired) electrons. The summed E-state index contributed by atoms with van der Waals surface area (Å²) in [5.74, 6) is 0.201. The number of nitrogens with one attached hydrogen (secondary N) is 1. The molecule has 1 amide bonds. The first kappa shape index (κ1) is 22.0. The second-order valence-corrected chi connectivity index (χ2v) is 7.15. The van der Waals surface area contributed by atoms with Gasteiger partial charge in [-0.3, -0.25) is 19.6 Å². The van der Waals surface area contributed by atoms with Gasteiger partial charge >= 0.3 is 5.69 Å². The van der Waals surface area contributed by atoms with Crippen LogP contribution in [0.2, 0.25) is 5.02 Å². The lowest BCUT2D eigenvalue weighted by Crippen LogP contribution is -2.24. The van der Waals surface area contributed by atoms with Crippen LogP contribution in [0.3, 0.4) is 0 Å². The smallest absolute Gasteiger partial charge is 0.312 e. The largest absolute Gasteiger partial charge is 0.489 e. The summed E-state index contributed by atoms with van der Waals surface area (Å²) in [6.45, 7) is 3.29. The zero-order valence-electron chi connectivity index (χ0n) is 16.9. The standard InChI is InChI=1S/C21H20ClN5O4/c1-14-21(27(29)30)15(2)26(25-14)12-20(28)24-23-11-17-4-3-5-19(10-17)31-13-16-6-8-18(22)9-7-16/h3-11H,12-13H2,1-2H3,(H,24,28)/b23-11+. The summed E-state index contributed by atoms with van der Waals surface area (Å²) in [5.41, 5.74) is 4.59. The van der Waals surface area contributed by atoms with Crippen molar-refractivity contribution in [1.82, 2.24) is 15.2 Å². The van der Waals surface area contributed by atoms with Crippen molar-refractivity contribution in [3.05, 3.63) is 86.2 Å². The van der Waals surface area contributed by atoms with Gasteiger partial charge in [-0.05, 0) is 49.2 Å². The summed E-state index contributed by atoms with van der Waals surface area (Å²) in [6.07, 6.45) is 1.48. The highest BCUT2D eigenvalue weighted by molar-refractivity contribution is 6.30. The summed E-state index contributed by atoms with van der Waals surface area (Å²) in [4.78, 5) is 22.6. The van der Waals surface area contributed by atoms with Crippen LogP contribution in [-0.2, 0) is 17.9 Å². The Bertz CT molecular complexity index is 1130. The molecule has 0 fully saturated rings. The first-order chi connectivity index (χ1) is 14.8. The fourth-order valence-corrected chi connectivity index (χ4v) is 3.01. The van der Waals surface area contributed by atoms with Crippen LogP contribution in [0.25, 0.3) is 0 Å². The molecular formula is C21H20ClN5O4. The lowest BCUT2D eigenvalue weighted by molar-refractivity contribution is -0.386. The number of halogens is 1. The molecule has 0 unspecified atom stereocenters. The lowest BCUT2D eigenvalue weighted by atomic mass is 10.2. The first-order valence-corrected chi connectivity index (χ1v) is 9.69. The number of ether oxygens (including phenoxy) is 1. The van der Waals surface area contributed by atoms with Gasteiger partial charge in [-0.1, -0.05) is 35.9 Å². The maximum atomic E-state index is 12.1. The first-order valence-electron chi connectivity index (χ1n) is 9.31. The van der Waals surface area contributed by atoms with E-state index in [-0.39, 0.29) is 17.9 Å². The van der Waals surface area contributed by atoms with Crippen molar-refractivity contribution in [2.75, 3.05) is 0 Å². The van der Waals surface area contributed by atoms with E-state index in [0.717, 1.165) is 11.1 Å². The third-order valence-electron chi connectivity index (χ3n) is 4.40. The minimum absolute atomic E-state index is 0.0910. The van der Waals surface area contributed by atoms with E-state index in [1.165, 1.54) is 17.8 Å². The van der Waals surface area contributed by atoms with Crippen LogP contribution >= 0.6 is 11.6 Å². The van der Waals surface area contributed by atoms with Crippen molar-refractivity contribution in [1.29, 1.82) is 0 Å². The van der Waals surface area contributed by atoms with Crippen LogP contribution in [0, 0.1) is 24.0 Å². The van der Waals surface area contributed by atoms with E-state index in [1.807, 2.05) is 30.3 Å². The molecule has 3 aromatic rings. The molecule has 0 aliphatic rings. The van der Waals surface area contributed by atoms with Crippen LogP contribution in [-0.4, -0.2) is 26.8 Å². The summed E-state index contributed by atoms with van der Waals surface area (Å²) in [5, 5.41) is 19.7. The van der Waals surface area contributed by atoms with Crippen LogP contribution in [0.4, 0.5) is 5.69 Å². The van der Waals surface area contributed by atoms with Crippen LogP contribution in [0.1, 0.15) is 22.5 Å². The van der Waals surface area contributed by atoms with E-state index in [9.17, 15) is 14.9 Å². The molecule has 0 atom stereocenters. The molecule has 0 saturated heterocycles. The Morgan fingerprint density at radius 3 is 2.71 bits per heavy atom. The maximum absolute atomic E-state index is 12.1. The number of carbonyl (C=O) groups excluding carboxylic acids is 1. The number of nitrogens with zero attached hydrogens (tertiary/aromatic N) is 4. The quantitative estimate of drug-likeness (QED) is 0.324. The number of hydrogen-bond donors (Lipinski definition) is 1. The minimum atomic E-state index is -0.508. The molecule has 1 heterocycles. The molecule has 2 aromatic carbocycles. The number of rotatable bonds is 8. The second-order valence-electron chi connectivity index (χ2n) is 6.71. The molecule has 3 rings (SSSR count). The molecule has 0 saturated carbocycles. The summed E-state index contributed by atoms with van der Waals surface area (Å²) in [7, 11) is 0. The average molecular weight is 442 g/mol. The monoisotopic (exact) mass is 441 g/mol. The fourth-order valence-electron chi connectivity index (χ4n) is 2.89. The van der Waals surface area contributed by atoms with Gasteiger partial charge in [-0.2, -0.15) is 10.2 Å². The molecule has 0 spiro atoms. The zero-order chi connectivity index (χ0) is 22.4. The molecule has 9 nitrogen and oxygen atoms in total. The number of amides is 1. The highest BCUT2D eigenvalue weighted by Crippen LogP contribution is 2.21. The van der Waals surface area contributed by atoms with Crippen molar-refractivity contribution in [2.45, 2.75) is 27.0 Å². The van der Waals surface area contributed by atoms with Gasteiger partial charge in [0.25, 0.3) is 5.91 Å². The number of hydrogen-bond acceptors (Lipinski definition) is 6. The number of aryl methyl sites for hydroxylation is 1. The van der Waals surface area contributed by atoms with Gasteiger partial charge in [-0.15, -0.1) is 0 Å². The van der Waals surface area contributed by atoms with E-state index in [1.54, 1.807) is 25.1 Å². The van der Waals surface area contributed by atoms with Gasteiger partial charge in [0.15, 0.2) is 0 Å². The Morgan fingerprint density at radius 1 is 1.29 bits per heavy atom. The summed E-state index contributed by atoms with van der Waals surface area (Å²) < 4.78 is 7.05. The number of benzene rings is 2. The molecule has 160 valence electrons. The summed E-state index contributed by atoms with van der Waals surface area (Å²) in [6, 6.07) is 14.6. The van der Waals surface area contributed by atoms with Crippen molar-refractivity contribution >= 4 is 29.4 Å². The van der Waals surface area contributed by atoms with Crippen molar-refractivity contribution in [3.63, 3.8) is 0 Å². The normalized spacial score (nSPS) is 10.9. The SMILES string of the molecule is Cc1nn(CC(=O)N/N=C/c2cccc(OCc3ccc(Cl)cc3)c2)c(C)c1[N+](=O)[O-]. The molecule has 0 aliphatic heterocycles. The van der Waals surface area contributed by atoms with Gasteiger partial charge < -0.3 is 4.74 Å². The van der Waals surface area contributed by atoms with E-state index in [2.05, 4.69) is 15.6 Å². The summed E-state index contributed by atoms with van der Waals surface area (Å²) >= 11 is 5.88. The van der Waals surface area contributed by atoms with E-state index in [4.69, 9.17) is 16.3 Å². The van der Waals surface area contributed by atoms with Crippen molar-refractivity contribution < 1.29 is 14.5 Å². The Labute approximate surface area is 183 Å². The topological polar surface area (TPSA) is 112 Å². The number of aromatic nitrogens is 2. The zero-order valence-corrected chi connectivity index (χ0v) is 17.7. The van der Waals surface area contributed by atoms with E-state index in [0.29, 0.717) is 23.1 Å². The molecule has 1 aromatic heterocycles. The predicted octanol–water partition coefficient (Wildman–Crippen LogP) is 3.79. The molecule has 1 N–H and O–H groups in total. The fraction of sp³-hybridized carbons (Fsp3) is 0.190. The average Bonchev–Trinajstić information content (AvgIpc) is 3.01.